The lowest BCUT2D eigenvalue weighted by molar-refractivity contribution is 1.07. The van der Waals surface area contributed by atoms with E-state index >= 15 is 0 Å². The van der Waals surface area contributed by atoms with E-state index in [9.17, 15) is 0 Å². The van der Waals surface area contributed by atoms with Gasteiger partial charge in [-0.25, -0.2) is 15.0 Å². The van der Waals surface area contributed by atoms with Crippen LogP contribution in [0.15, 0.2) is 182 Å². The van der Waals surface area contributed by atoms with Gasteiger partial charge in [0, 0.05) is 38.2 Å². The van der Waals surface area contributed by atoms with Gasteiger partial charge >= 0.3 is 0 Å². The summed E-state index contributed by atoms with van der Waals surface area (Å²) in [5.41, 5.74) is 11.4. The summed E-state index contributed by atoms with van der Waals surface area (Å²) in [7, 11) is 0. The SMILES string of the molecule is c1ccc(-c2cccc(-c3nc(-c4ccccc4)nc(-c4ccc5c(c4)c4cccc6c7cccc8c7c7c(cccc7c7ccccc7n5c64)C8)n3)c2)cc1. The van der Waals surface area contributed by atoms with Gasteiger partial charge < -0.3 is 4.40 Å². The fourth-order valence-electron chi connectivity index (χ4n) is 9.13. The zero-order chi connectivity index (χ0) is 36.7. The Kier molecular flexibility index (Phi) is 6.66. The average molecular weight is 713 g/mol. The van der Waals surface area contributed by atoms with E-state index in [1.54, 1.807) is 0 Å². The summed E-state index contributed by atoms with van der Waals surface area (Å²) in [4.78, 5) is 15.4. The molecule has 12 rings (SSSR count). The second-order valence-corrected chi connectivity index (χ2v) is 14.8. The van der Waals surface area contributed by atoms with E-state index in [2.05, 4.69) is 162 Å². The monoisotopic (exact) mass is 712 g/mol. The number of para-hydroxylation sites is 2. The molecule has 3 heterocycles. The summed E-state index contributed by atoms with van der Waals surface area (Å²) >= 11 is 0. The Labute approximate surface area is 322 Å². The number of rotatable bonds is 4. The van der Waals surface area contributed by atoms with E-state index in [0.29, 0.717) is 17.5 Å². The van der Waals surface area contributed by atoms with Crippen molar-refractivity contribution in [2.75, 3.05) is 0 Å². The normalized spacial score (nSPS) is 12.2. The maximum Gasteiger partial charge on any atom is 0.164 e. The lowest BCUT2D eigenvalue weighted by Crippen LogP contribution is -2.00. The molecule has 4 nitrogen and oxygen atoms in total. The van der Waals surface area contributed by atoms with E-state index in [-0.39, 0.29) is 0 Å². The quantitative estimate of drug-likeness (QED) is 0.182. The molecule has 260 valence electrons. The van der Waals surface area contributed by atoms with Gasteiger partial charge in [-0.15, -0.1) is 0 Å². The highest BCUT2D eigenvalue weighted by Crippen LogP contribution is 2.44. The minimum absolute atomic E-state index is 0.641. The number of fused-ring (bicyclic) bond motifs is 7. The Hall–Kier alpha value is -7.43. The Morgan fingerprint density at radius 2 is 0.804 bits per heavy atom. The van der Waals surface area contributed by atoms with Crippen molar-refractivity contribution in [3.05, 3.63) is 193 Å². The largest absolute Gasteiger partial charge is 0.308 e. The molecule has 0 fully saturated rings. The molecule has 1 aliphatic carbocycles. The molecular formula is C52H32N4. The molecule has 11 aromatic rings. The molecule has 0 unspecified atom stereocenters. The first-order valence-corrected chi connectivity index (χ1v) is 19.2. The van der Waals surface area contributed by atoms with Gasteiger partial charge in [0.15, 0.2) is 17.5 Å². The van der Waals surface area contributed by atoms with E-state index in [1.807, 2.05) is 24.3 Å². The Bertz CT molecular complexity index is 3440. The van der Waals surface area contributed by atoms with Crippen LogP contribution in [-0.2, 0) is 6.42 Å². The van der Waals surface area contributed by atoms with Gasteiger partial charge in [-0.05, 0) is 80.6 Å². The predicted molar refractivity (Wildman–Crippen MR) is 232 cm³/mol. The molecule has 0 spiro atoms. The number of hydrogen-bond donors (Lipinski definition) is 0. The first-order valence-electron chi connectivity index (χ1n) is 19.2. The van der Waals surface area contributed by atoms with Crippen LogP contribution in [0.3, 0.4) is 0 Å². The molecular weight excluding hydrogens is 681 g/mol. The van der Waals surface area contributed by atoms with Crippen molar-refractivity contribution < 1.29 is 0 Å². The second kappa shape index (κ2) is 12.0. The Morgan fingerprint density at radius 3 is 1.54 bits per heavy atom. The van der Waals surface area contributed by atoms with Gasteiger partial charge in [-0.3, -0.25) is 0 Å². The first kappa shape index (κ1) is 31.0. The van der Waals surface area contributed by atoms with E-state index in [0.717, 1.165) is 45.1 Å². The molecule has 0 bridgehead atoms. The average Bonchev–Trinajstić information content (AvgIpc) is 3.83. The lowest BCUT2D eigenvalue weighted by Gasteiger charge is -2.10. The van der Waals surface area contributed by atoms with Gasteiger partial charge in [0.25, 0.3) is 0 Å². The fourth-order valence-corrected chi connectivity index (χ4v) is 9.13. The van der Waals surface area contributed by atoms with Crippen LogP contribution in [0.4, 0.5) is 0 Å². The van der Waals surface area contributed by atoms with Crippen molar-refractivity contribution in [3.8, 4) is 45.3 Å². The fraction of sp³-hybridized carbons (Fsp3) is 0.0192. The number of aromatic nitrogens is 4. The van der Waals surface area contributed by atoms with Crippen molar-refractivity contribution in [2.24, 2.45) is 0 Å². The maximum absolute atomic E-state index is 5.20. The predicted octanol–water partition coefficient (Wildman–Crippen LogP) is 13.0. The van der Waals surface area contributed by atoms with Gasteiger partial charge in [-0.2, -0.15) is 0 Å². The molecule has 1 aliphatic rings. The van der Waals surface area contributed by atoms with Gasteiger partial charge in [0.1, 0.15) is 0 Å². The van der Waals surface area contributed by atoms with Crippen molar-refractivity contribution in [3.63, 3.8) is 0 Å². The van der Waals surface area contributed by atoms with Crippen LogP contribution < -0.4 is 0 Å². The van der Waals surface area contributed by atoms with E-state index in [4.69, 9.17) is 15.0 Å². The van der Waals surface area contributed by atoms with Gasteiger partial charge in [0.05, 0.1) is 16.6 Å². The summed E-state index contributed by atoms with van der Waals surface area (Å²) in [6.45, 7) is 0. The molecule has 0 saturated heterocycles. The van der Waals surface area contributed by atoms with Crippen molar-refractivity contribution in [2.45, 2.75) is 6.42 Å². The molecule has 0 radical (unpaired) electrons. The highest BCUT2D eigenvalue weighted by atomic mass is 15.0. The highest BCUT2D eigenvalue weighted by molar-refractivity contribution is 6.27. The summed E-state index contributed by atoms with van der Waals surface area (Å²) in [6, 6.07) is 65.2. The number of hydrogen-bond acceptors (Lipinski definition) is 3. The van der Waals surface area contributed by atoms with Gasteiger partial charge in [0.2, 0.25) is 0 Å². The summed E-state index contributed by atoms with van der Waals surface area (Å²) in [5.74, 6) is 1.93. The van der Waals surface area contributed by atoms with Gasteiger partial charge in [-0.1, -0.05) is 152 Å². The van der Waals surface area contributed by atoms with Crippen molar-refractivity contribution in [1.82, 2.24) is 19.4 Å². The van der Waals surface area contributed by atoms with Crippen LogP contribution >= 0.6 is 0 Å². The van der Waals surface area contributed by atoms with Crippen LogP contribution in [0.25, 0.3) is 105 Å². The molecule has 8 aromatic carbocycles. The second-order valence-electron chi connectivity index (χ2n) is 14.8. The molecule has 0 N–H and O–H groups in total. The first-order chi connectivity index (χ1) is 27.8. The zero-order valence-corrected chi connectivity index (χ0v) is 30.3. The lowest BCUT2D eigenvalue weighted by atomic mass is 10.0. The maximum atomic E-state index is 5.20. The summed E-state index contributed by atoms with van der Waals surface area (Å²) < 4.78 is 2.49. The van der Waals surface area contributed by atoms with Crippen LogP contribution in [0.1, 0.15) is 11.1 Å². The van der Waals surface area contributed by atoms with Crippen LogP contribution in [-0.4, -0.2) is 19.4 Å². The molecule has 0 amide bonds. The third-order valence-corrected chi connectivity index (χ3v) is 11.6. The molecule has 3 aromatic heterocycles. The molecule has 0 saturated carbocycles. The molecule has 0 atom stereocenters. The van der Waals surface area contributed by atoms with Crippen LogP contribution in [0.5, 0.6) is 0 Å². The molecule has 4 heteroatoms. The number of nitrogens with zero attached hydrogens (tertiary/aromatic N) is 4. The smallest absolute Gasteiger partial charge is 0.164 e. The third kappa shape index (κ3) is 4.63. The molecule has 0 aliphatic heterocycles. The van der Waals surface area contributed by atoms with E-state index in [1.165, 1.54) is 59.9 Å². The summed E-state index contributed by atoms with van der Waals surface area (Å²) in [6.07, 6.45) is 0.951. The zero-order valence-electron chi connectivity index (χ0n) is 30.3. The minimum atomic E-state index is 0.641. The Morgan fingerprint density at radius 1 is 0.321 bits per heavy atom. The van der Waals surface area contributed by atoms with Crippen LogP contribution in [0, 0.1) is 0 Å². The van der Waals surface area contributed by atoms with Crippen LogP contribution in [0.2, 0.25) is 0 Å². The standard InChI is InChI=1S/C52H32N4/c1-3-13-32(14-4-1)34-17-9-20-37(29-34)51-53-50(33-15-5-2-6-16-33)54-52(55-51)38-27-28-46-44(31-38)43-25-12-24-42-41-23-11-19-36-30-35-18-10-22-40(47(35)48(36)41)39-21-7-8-26-45(39)56(46)49(42)43/h1-29,31H,30H2. The Balaban J connectivity index is 1.16. The summed E-state index contributed by atoms with van der Waals surface area (Å²) in [5, 5.41) is 10.1. The topological polar surface area (TPSA) is 43.1 Å². The van der Waals surface area contributed by atoms with Crippen molar-refractivity contribution >= 4 is 59.6 Å². The highest BCUT2D eigenvalue weighted by Gasteiger charge is 2.21. The third-order valence-electron chi connectivity index (χ3n) is 11.6. The number of benzene rings is 8. The van der Waals surface area contributed by atoms with Crippen molar-refractivity contribution in [1.29, 1.82) is 0 Å². The minimum Gasteiger partial charge on any atom is -0.308 e. The van der Waals surface area contributed by atoms with E-state index < -0.39 is 0 Å². The molecule has 56 heavy (non-hydrogen) atoms.